The average molecular weight is 420 g/mol. The van der Waals surface area contributed by atoms with Crippen molar-refractivity contribution in [3.63, 3.8) is 0 Å². The van der Waals surface area contributed by atoms with Crippen molar-refractivity contribution in [2.45, 2.75) is 10.7 Å². The third kappa shape index (κ3) is 2.85. The average Bonchev–Trinajstić information content (AvgIpc) is 2.78. The molecule has 0 atom stereocenters. The number of esters is 1. The summed E-state index contributed by atoms with van der Waals surface area (Å²) in [4.78, 5) is 24.0. The second-order valence-electron chi connectivity index (χ2n) is 4.24. The van der Waals surface area contributed by atoms with E-state index in [-0.39, 0.29) is 5.78 Å². The molecule has 112 valence electrons. The van der Waals surface area contributed by atoms with Crippen molar-refractivity contribution < 1.29 is 23.5 Å². The van der Waals surface area contributed by atoms with Gasteiger partial charge in [0.15, 0.2) is 5.78 Å². The Labute approximate surface area is 137 Å². The number of benzene rings is 1. The van der Waals surface area contributed by atoms with Crippen LogP contribution in [0.15, 0.2) is 16.5 Å². The highest BCUT2D eigenvalue weighted by atomic mass is 79.9. The number of methoxy groups -OCH3 is 2. The molecule has 2 aromatic rings. The maximum absolute atomic E-state index is 12.1. The molecule has 0 aliphatic rings. The van der Waals surface area contributed by atoms with E-state index in [1.54, 1.807) is 19.1 Å². The molecule has 2 rings (SSSR count). The highest BCUT2D eigenvalue weighted by Gasteiger charge is 2.24. The van der Waals surface area contributed by atoms with E-state index in [1.807, 2.05) is 0 Å². The molecule has 1 aromatic heterocycles. The van der Waals surface area contributed by atoms with Crippen LogP contribution in [0.4, 0.5) is 0 Å². The van der Waals surface area contributed by atoms with Crippen LogP contribution in [0, 0.1) is 6.92 Å². The van der Waals surface area contributed by atoms with Crippen LogP contribution in [-0.4, -0.2) is 29.7 Å². The maximum atomic E-state index is 12.1. The summed E-state index contributed by atoms with van der Waals surface area (Å²) in [5.41, 5.74) is 1.12. The molecule has 0 aliphatic heterocycles. The van der Waals surface area contributed by atoms with E-state index >= 15 is 0 Å². The molecule has 0 saturated carbocycles. The Morgan fingerprint density at radius 1 is 1.24 bits per heavy atom. The second kappa shape index (κ2) is 6.19. The number of ether oxygens (including phenoxy) is 2. The van der Waals surface area contributed by atoms with Crippen LogP contribution in [0.25, 0.3) is 11.0 Å². The molecule has 5 nitrogen and oxygen atoms in total. The number of hydrogen-bond acceptors (Lipinski definition) is 5. The number of halogens is 2. The number of carbonyl (C=O) groups excluding carboxylic acids is 2. The van der Waals surface area contributed by atoms with Gasteiger partial charge in [-0.25, -0.2) is 4.79 Å². The first-order valence-corrected chi connectivity index (χ1v) is 7.75. The van der Waals surface area contributed by atoms with Gasteiger partial charge >= 0.3 is 5.97 Å². The third-order valence-corrected chi connectivity index (χ3v) is 3.87. The Morgan fingerprint density at radius 3 is 2.43 bits per heavy atom. The number of carbonyl (C=O) groups is 2. The number of aryl methyl sites for hydroxylation is 1. The Bertz CT molecular complexity index is 718. The molecule has 0 fully saturated rings. The lowest BCUT2D eigenvalue weighted by Crippen LogP contribution is -2.09. The van der Waals surface area contributed by atoms with Gasteiger partial charge in [-0.3, -0.25) is 4.79 Å². The number of Topliss-reactive ketones (excluding diaryl/α,β-unsaturated/α-hetero) is 1. The minimum atomic E-state index is -0.535. The van der Waals surface area contributed by atoms with E-state index in [2.05, 4.69) is 31.9 Å². The summed E-state index contributed by atoms with van der Waals surface area (Å²) in [6, 6.07) is 3.17. The molecule has 0 bridgehead atoms. The first kappa shape index (κ1) is 16.0. The van der Waals surface area contributed by atoms with Gasteiger partial charge in [0.05, 0.1) is 19.8 Å². The number of ketones is 1. The van der Waals surface area contributed by atoms with Crippen LogP contribution < -0.4 is 4.74 Å². The Hall–Kier alpha value is -1.34. The lowest BCUT2D eigenvalue weighted by Gasteiger charge is -2.08. The Kier molecular flexibility index (Phi) is 4.73. The summed E-state index contributed by atoms with van der Waals surface area (Å²) in [7, 11) is 2.76. The minimum Gasteiger partial charge on any atom is -0.496 e. The van der Waals surface area contributed by atoms with Crippen molar-refractivity contribution in [1.29, 1.82) is 0 Å². The molecular weight excluding hydrogens is 408 g/mol. The van der Waals surface area contributed by atoms with Gasteiger partial charge in [0.25, 0.3) is 0 Å². The van der Waals surface area contributed by atoms with E-state index in [1.165, 1.54) is 14.2 Å². The molecule has 0 unspecified atom stereocenters. The molecule has 0 saturated heterocycles. The molecular formula is C14H12Br2O5. The van der Waals surface area contributed by atoms with E-state index in [0.717, 1.165) is 0 Å². The topological polar surface area (TPSA) is 65.7 Å². The highest BCUT2D eigenvalue weighted by molar-refractivity contribution is 9.25. The quantitative estimate of drug-likeness (QED) is 0.428. The summed E-state index contributed by atoms with van der Waals surface area (Å²) in [5.74, 6) is 0.0914. The Balaban J connectivity index is 2.73. The number of hydrogen-bond donors (Lipinski definition) is 0. The normalized spacial score (nSPS) is 11.0. The van der Waals surface area contributed by atoms with Gasteiger partial charge in [-0.2, -0.15) is 0 Å². The largest absolute Gasteiger partial charge is 0.496 e. The van der Waals surface area contributed by atoms with E-state index in [4.69, 9.17) is 13.9 Å². The van der Waals surface area contributed by atoms with E-state index in [0.29, 0.717) is 33.6 Å². The van der Waals surface area contributed by atoms with Gasteiger partial charge in [-0.1, -0.05) is 31.9 Å². The zero-order chi connectivity index (χ0) is 15.7. The maximum Gasteiger partial charge on any atom is 0.342 e. The van der Waals surface area contributed by atoms with Gasteiger partial charge in [-0.15, -0.1) is 0 Å². The standard InChI is InChI=1S/C14H12Br2O5/c1-6-11(14(18)20-3)7-4-9(19-2)8(5-10(7)21-6)12(17)13(15)16/h4-5,13H,1-3H3. The molecule has 0 spiro atoms. The lowest BCUT2D eigenvalue weighted by molar-refractivity contribution is 0.0600. The van der Waals surface area contributed by atoms with Crippen molar-refractivity contribution in [3.8, 4) is 5.75 Å². The van der Waals surface area contributed by atoms with Gasteiger partial charge in [0.1, 0.15) is 26.4 Å². The van der Waals surface area contributed by atoms with Gasteiger partial charge in [0.2, 0.25) is 0 Å². The lowest BCUT2D eigenvalue weighted by atomic mass is 10.1. The van der Waals surface area contributed by atoms with Crippen LogP contribution in [0.2, 0.25) is 0 Å². The van der Waals surface area contributed by atoms with Crippen LogP contribution in [-0.2, 0) is 4.74 Å². The predicted molar refractivity (Wildman–Crippen MR) is 84.8 cm³/mol. The zero-order valence-electron chi connectivity index (χ0n) is 11.5. The first-order chi connectivity index (χ1) is 9.90. The van der Waals surface area contributed by atoms with Gasteiger partial charge in [-0.05, 0) is 19.1 Å². The van der Waals surface area contributed by atoms with Crippen LogP contribution >= 0.6 is 31.9 Å². The minimum absolute atomic E-state index is 0.206. The van der Waals surface area contributed by atoms with Crippen molar-refractivity contribution >= 4 is 54.6 Å². The van der Waals surface area contributed by atoms with Crippen molar-refractivity contribution in [1.82, 2.24) is 0 Å². The van der Waals surface area contributed by atoms with Crippen LogP contribution in [0.1, 0.15) is 26.5 Å². The fraction of sp³-hybridized carbons (Fsp3) is 0.286. The SMILES string of the molecule is COC(=O)c1c(C)oc2cc(C(=O)C(Br)Br)c(OC)cc12. The van der Waals surface area contributed by atoms with Crippen LogP contribution in [0.5, 0.6) is 5.75 Å². The van der Waals surface area contributed by atoms with Crippen molar-refractivity contribution in [3.05, 3.63) is 29.0 Å². The van der Waals surface area contributed by atoms with Crippen LogP contribution in [0.3, 0.4) is 0 Å². The van der Waals surface area contributed by atoms with Gasteiger partial charge in [0, 0.05) is 5.39 Å². The molecule has 0 amide bonds. The second-order valence-corrected chi connectivity index (χ2v) is 7.30. The van der Waals surface area contributed by atoms with E-state index in [9.17, 15) is 9.59 Å². The molecule has 7 heteroatoms. The molecule has 1 aromatic carbocycles. The molecule has 21 heavy (non-hydrogen) atoms. The smallest absolute Gasteiger partial charge is 0.342 e. The summed E-state index contributed by atoms with van der Waals surface area (Å²) in [5, 5.41) is 0.549. The van der Waals surface area contributed by atoms with Crippen molar-refractivity contribution in [2.75, 3.05) is 14.2 Å². The van der Waals surface area contributed by atoms with Crippen molar-refractivity contribution in [2.24, 2.45) is 0 Å². The molecule has 0 aliphatic carbocycles. The summed E-state index contributed by atoms with van der Waals surface area (Å²) >= 11 is 6.33. The summed E-state index contributed by atoms with van der Waals surface area (Å²) < 4.78 is 15.0. The zero-order valence-corrected chi connectivity index (χ0v) is 14.7. The molecule has 1 heterocycles. The molecule has 0 N–H and O–H groups in total. The Morgan fingerprint density at radius 2 is 1.90 bits per heavy atom. The number of fused-ring (bicyclic) bond motifs is 1. The summed E-state index contributed by atoms with van der Waals surface area (Å²) in [6.45, 7) is 1.66. The predicted octanol–water partition coefficient (Wildman–Crippen LogP) is 3.84. The van der Waals surface area contributed by atoms with Gasteiger partial charge < -0.3 is 13.9 Å². The fourth-order valence-corrected chi connectivity index (χ4v) is 2.57. The number of rotatable bonds is 4. The monoisotopic (exact) mass is 418 g/mol. The first-order valence-electron chi connectivity index (χ1n) is 5.92. The fourth-order valence-electron chi connectivity index (χ4n) is 2.08. The summed E-state index contributed by atoms with van der Waals surface area (Å²) in [6.07, 6.45) is 0. The number of furan rings is 1. The van der Waals surface area contributed by atoms with E-state index < -0.39 is 9.71 Å². The highest BCUT2D eigenvalue weighted by Crippen LogP contribution is 2.34. The number of alkyl halides is 2. The molecule has 0 radical (unpaired) electrons. The third-order valence-electron chi connectivity index (χ3n) is 3.04.